The summed E-state index contributed by atoms with van der Waals surface area (Å²) in [5, 5.41) is 0. The number of benzene rings is 1. The molecule has 102 valence electrons. The van der Waals surface area contributed by atoms with Crippen molar-refractivity contribution in [2.24, 2.45) is 0 Å². The SMILES string of the molecule is C1=C[C@@]23c4cc5c(cc4CN4C[C@@H]2O[C@@H]1C[C@H]43)OCO5. The Kier molecular flexibility index (Phi) is 1.56. The van der Waals surface area contributed by atoms with Gasteiger partial charge in [-0.25, -0.2) is 0 Å². The Morgan fingerprint density at radius 2 is 2.10 bits per heavy atom. The van der Waals surface area contributed by atoms with E-state index in [1.165, 1.54) is 11.1 Å². The van der Waals surface area contributed by atoms with E-state index in [0.29, 0.717) is 25.0 Å². The molecular weight excluding hydrogens is 254 g/mol. The van der Waals surface area contributed by atoms with Crippen molar-refractivity contribution in [1.29, 1.82) is 0 Å². The highest BCUT2D eigenvalue weighted by Gasteiger charge is 2.63. The van der Waals surface area contributed by atoms with Gasteiger partial charge in [0, 0.05) is 19.1 Å². The van der Waals surface area contributed by atoms with E-state index in [-0.39, 0.29) is 5.41 Å². The Bertz CT molecular complexity index is 670. The molecule has 4 heteroatoms. The van der Waals surface area contributed by atoms with Gasteiger partial charge in [0.2, 0.25) is 6.79 Å². The number of nitrogens with zero attached hydrogens (tertiary/aromatic N) is 1. The second-order valence-corrected chi connectivity index (χ2v) is 6.50. The predicted molar refractivity (Wildman–Crippen MR) is 70.9 cm³/mol. The van der Waals surface area contributed by atoms with Crippen molar-refractivity contribution in [3.05, 3.63) is 35.4 Å². The molecular formula is C16H15NO3. The van der Waals surface area contributed by atoms with Crippen LogP contribution in [0.15, 0.2) is 24.3 Å². The maximum atomic E-state index is 6.26. The molecule has 5 heterocycles. The van der Waals surface area contributed by atoms with E-state index >= 15 is 0 Å². The number of hydrogen-bond donors (Lipinski definition) is 0. The average molecular weight is 269 g/mol. The fourth-order valence-electron chi connectivity index (χ4n) is 4.96. The first-order valence-electron chi connectivity index (χ1n) is 7.36. The fourth-order valence-corrected chi connectivity index (χ4v) is 4.96. The minimum Gasteiger partial charge on any atom is -0.454 e. The van der Waals surface area contributed by atoms with E-state index in [9.17, 15) is 0 Å². The smallest absolute Gasteiger partial charge is 0.231 e. The molecule has 1 unspecified atom stereocenters. The summed E-state index contributed by atoms with van der Waals surface area (Å²) in [5.74, 6) is 1.79. The summed E-state index contributed by atoms with van der Waals surface area (Å²) in [5.41, 5.74) is 2.82. The molecule has 0 N–H and O–H groups in total. The van der Waals surface area contributed by atoms with E-state index < -0.39 is 0 Å². The quantitative estimate of drug-likeness (QED) is 0.669. The van der Waals surface area contributed by atoms with Gasteiger partial charge in [-0.15, -0.1) is 0 Å². The molecule has 5 bridgehead atoms. The van der Waals surface area contributed by atoms with Crippen molar-refractivity contribution in [1.82, 2.24) is 4.90 Å². The molecule has 20 heavy (non-hydrogen) atoms. The van der Waals surface area contributed by atoms with Crippen LogP contribution in [-0.2, 0) is 16.7 Å². The zero-order chi connectivity index (χ0) is 12.9. The number of ether oxygens (including phenoxy) is 3. The lowest BCUT2D eigenvalue weighted by molar-refractivity contribution is -0.0561. The van der Waals surface area contributed by atoms with E-state index in [2.05, 4.69) is 29.2 Å². The summed E-state index contributed by atoms with van der Waals surface area (Å²) < 4.78 is 17.4. The van der Waals surface area contributed by atoms with Crippen molar-refractivity contribution in [3.8, 4) is 11.5 Å². The largest absolute Gasteiger partial charge is 0.454 e. The van der Waals surface area contributed by atoms with E-state index in [4.69, 9.17) is 14.2 Å². The van der Waals surface area contributed by atoms with Gasteiger partial charge in [-0.2, -0.15) is 0 Å². The Labute approximate surface area is 116 Å². The standard InChI is InChI=1S/C16H15NO3/c1-2-16-11-5-13-12(18-8-19-13)3-9(11)6-17-7-15(16)20-10(1)4-14(16)17/h1-3,5,10,14-15H,4,6-8H2/t10-,14-,15-,16-/m0/s1. The van der Waals surface area contributed by atoms with Gasteiger partial charge in [0.05, 0.1) is 17.6 Å². The van der Waals surface area contributed by atoms with Crippen molar-refractivity contribution in [2.75, 3.05) is 13.3 Å². The lowest BCUT2D eigenvalue weighted by Crippen LogP contribution is -2.57. The minimum absolute atomic E-state index is 0.0450. The van der Waals surface area contributed by atoms with Crippen LogP contribution in [-0.4, -0.2) is 36.5 Å². The monoisotopic (exact) mass is 269 g/mol. The molecule has 0 amide bonds. The summed E-state index contributed by atoms with van der Waals surface area (Å²) >= 11 is 0. The second kappa shape index (κ2) is 3.05. The first-order valence-corrected chi connectivity index (χ1v) is 7.36. The summed E-state index contributed by atoms with van der Waals surface area (Å²) in [7, 11) is 0. The molecule has 2 saturated heterocycles. The van der Waals surface area contributed by atoms with Crippen LogP contribution in [0.4, 0.5) is 0 Å². The van der Waals surface area contributed by atoms with Crippen LogP contribution in [0.5, 0.6) is 11.5 Å². The van der Waals surface area contributed by atoms with Crippen LogP contribution in [0.1, 0.15) is 17.5 Å². The van der Waals surface area contributed by atoms with Gasteiger partial charge in [-0.05, 0) is 29.7 Å². The molecule has 6 aliphatic rings. The molecule has 7 rings (SSSR count). The molecule has 4 nitrogen and oxygen atoms in total. The average Bonchev–Trinajstić information content (AvgIpc) is 2.95. The van der Waals surface area contributed by atoms with Crippen molar-refractivity contribution in [2.45, 2.75) is 36.6 Å². The highest BCUT2D eigenvalue weighted by Crippen LogP contribution is 2.57. The highest BCUT2D eigenvalue weighted by molar-refractivity contribution is 5.57. The van der Waals surface area contributed by atoms with Gasteiger partial charge >= 0.3 is 0 Å². The first kappa shape index (κ1) is 10.2. The van der Waals surface area contributed by atoms with Crippen LogP contribution in [0.25, 0.3) is 0 Å². The molecule has 1 aromatic rings. The van der Waals surface area contributed by atoms with Crippen molar-refractivity contribution >= 4 is 0 Å². The van der Waals surface area contributed by atoms with Gasteiger partial charge in [0.25, 0.3) is 0 Å². The summed E-state index contributed by atoms with van der Waals surface area (Å²) in [6.07, 6.45) is 6.43. The third kappa shape index (κ3) is 0.950. The molecule has 0 radical (unpaired) electrons. The van der Waals surface area contributed by atoms with Crippen molar-refractivity contribution in [3.63, 3.8) is 0 Å². The molecule has 2 fully saturated rings. The van der Waals surface area contributed by atoms with Gasteiger partial charge in [0.15, 0.2) is 11.5 Å². The van der Waals surface area contributed by atoms with E-state index in [1.54, 1.807) is 0 Å². The molecule has 1 aliphatic carbocycles. The Morgan fingerprint density at radius 3 is 3.05 bits per heavy atom. The third-order valence-electron chi connectivity index (χ3n) is 5.74. The van der Waals surface area contributed by atoms with Crippen LogP contribution in [0, 0.1) is 0 Å². The van der Waals surface area contributed by atoms with Gasteiger partial charge in [-0.3, -0.25) is 4.90 Å². The predicted octanol–water partition coefficient (Wildman–Crippen LogP) is 1.58. The number of rotatable bonds is 0. The van der Waals surface area contributed by atoms with Crippen LogP contribution in [0.2, 0.25) is 0 Å². The normalized spacial score (nSPS) is 44.8. The molecule has 0 aromatic heterocycles. The molecule has 0 saturated carbocycles. The minimum atomic E-state index is 0.0450. The molecule has 1 aromatic carbocycles. The Hall–Kier alpha value is -1.52. The zero-order valence-electron chi connectivity index (χ0n) is 11.0. The molecule has 5 aliphatic heterocycles. The third-order valence-corrected chi connectivity index (χ3v) is 5.74. The molecule has 1 spiro atoms. The van der Waals surface area contributed by atoms with E-state index in [0.717, 1.165) is 31.0 Å². The first-order chi connectivity index (χ1) is 9.84. The lowest BCUT2D eigenvalue weighted by Gasteiger charge is -2.51. The Balaban J connectivity index is 1.66. The van der Waals surface area contributed by atoms with Gasteiger partial charge in [-0.1, -0.05) is 12.2 Å². The molecule has 5 atom stereocenters. The maximum Gasteiger partial charge on any atom is 0.231 e. The second-order valence-electron chi connectivity index (χ2n) is 6.50. The van der Waals surface area contributed by atoms with E-state index in [1.807, 2.05) is 0 Å². The topological polar surface area (TPSA) is 30.9 Å². The summed E-state index contributed by atoms with van der Waals surface area (Å²) in [6, 6.07) is 4.98. The Morgan fingerprint density at radius 1 is 1.20 bits per heavy atom. The van der Waals surface area contributed by atoms with Crippen LogP contribution >= 0.6 is 0 Å². The summed E-state index contributed by atoms with van der Waals surface area (Å²) in [6.45, 7) is 2.40. The fraction of sp³-hybridized carbons (Fsp3) is 0.500. The van der Waals surface area contributed by atoms with Gasteiger partial charge in [0.1, 0.15) is 0 Å². The van der Waals surface area contributed by atoms with Crippen molar-refractivity contribution < 1.29 is 14.2 Å². The zero-order valence-corrected chi connectivity index (χ0v) is 11.0. The number of hydrogen-bond acceptors (Lipinski definition) is 4. The number of fused-ring (bicyclic) bond motifs is 2. The van der Waals surface area contributed by atoms with Crippen LogP contribution < -0.4 is 9.47 Å². The summed E-state index contributed by atoms with van der Waals surface area (Å²) in [4.78, 5) is 2.60. The maximum absolute atomic E-state index is 6.26. The lowest BCUT2D eigenvalue weighted by atomic mass is 9.63. The van der Waals surface area contributed by atoms with Crippen LogP contribution in [0.3, 0.4) is 0 Å². The highest BCUT2D eigenvalue weighted by atomic mass is 16.7. The van der Waals surface area contributed by atoms with Gasteiger partial charge < -0.3 is 14.2 Å².